The summed E-state index contributed by atoms with van der Waals surface area (Å²) in [5, 5.41) is 0.569. The quantitative estimate of drug-likeness (QED) is 0.869. The molecule has 0 saturated carbocycles. The van der Waals surface area contributed by atoms with Gasteiger partial charge < -0.3 is 14.6 Å². The molecule has 1 unspecified atom stereocenters. The fourth-order valence-corrected chi connectivity index (χ4v) is 4.41. The van der Waals surface area contributed by atoms with Gasteiger partial charge in [0, 0.05) is 32.8 Å². The molecule has 4 rings (SSSR count). The summed E-state index contributed by atoms with van der Waals surface area (Å²) in [4.78, 5) is 36.8. The fourth-order valence-electron chi connectivity index (χ4n) is 4.41. The maximum absolute atomic E-state index is 13.0. The average molecular weight is 384 g/mol. The summed E-state index contributed by atoms with van der Waals surface area (Å²) in [7, 11) is 1.80. The number of hydrogen-bond donors (Lipinski definition) is 1. The number of benzene rings is 1. The summed E-state index contributed by atoms with van der Waals surface area (Å²) in [5.74, 6) is 0.665. The maximum atomic E-state index is 13.0. The van der Waals surface area contributed by atoms with Crippen molar-refractivity contribution in [3.05, 3.63) is 40.4 Å². The number of para-hydroxylation sites is 1. The molecular formula is C21H28N4O3. The molecule has 0 spiro atoms. The molecule has 2 fully saturated rings. The van der Waals surface area contributed by atoms with E-state index in [4.69, 9.17) is 4.74 Å². The third kappa shape index (κ3) is 4.10. The Labute approximate surface area is 164 Å². The number of nitrogens with zero attached hydrogens (tertiary/aromatic N) is 3. The zero-order valence-corrected chi connectivity index (χ0v) is 16.4. The highest BCUT2D eigenvalue weighted by molar-refractivity contribution is 5.79. The van der Waals surface area contributed by atoms with Crippen molar-refractivity contribution in [1.29, 1.82) is 0 Å². The second-order valence-corrected chi connectivity index (χ2v) is 7.90. The van der Waals surface area contributed by atoms with E-state index in [1.807, 2.05) is 18.2 Å². The van der Waals surface area contributed by atoms with Gasteiger partial charge in [-0.15, -0.1) is 0 Å². The molecule has 2 aliphatic heterocycles. The number of carbonyl (C=O) groups excluding carboxylic acids is 1. The van der Waals surface area contributed by atoms with E-state index < -0.39 is 0 Å². The van der Waals surface area contributed by atoms with E-state index in [-0.39, 0.29) is 17.4 Å². The predicted molar refractivity (Wildman–Crippen MR) is 107 cm³/mol. The van der Waals surface area contributed by atoms with Gasteiger partial charge in [-0.25, -0.2) is 4.98 Å². The van der Waals surface area contributed by atoms with Crippen molar-refractivity contribution < 1.29 is 9.53 Å². The molecule has 2 aliphatic rings. The minimum absolute atomic E-state index is 0.00812. The highest BCUT2D eigenvalue weighted by atomic mass is 16.5. The zero-order valence-electron chi connectivity index (χ0n) is 16.4. The Morgan fingerprint density at radius 2 is 2.07 bits per heavy atom. The number of amides is 1. The third-order valence-electron chi connectivity index (χ3n) is 5.93. The lowest BCUT2D eigenvalue weighted by molar-refractivity contribution is -0.137. The van der Waals surface area contributed by atoms with Gasteiger partial charge in [0.05, 0.1) is 23.4 Å². The van der Waals surface area contributed by atoms with Crippen LogP contribution in [0.15, 0.2) is 29.1 Å². The Kier molecular flexibility index (Phi) is 5.73. The van der Waals surface area contributed by atoms with Gasteiger partial charge in [-0.1, -0.05) is 12.1 Å². The minimum Gasteiger partial charge on any atom is -0.381 e. The SMILES string of the molecule is CN(Cc1nc2ccccc2c(=O)[nH]1)C(=O)C1CCCN(C2CCOCC2)C1. The van der Waals surface area contributed by atoms with Crippen LogP contribution in [0.4, 0.5) is 0 Å². The van der Waals surface area contributed by atoms with E-state index in [1.165, 1.54) is 0 Å². The van der Waals surface area contributed by atoms with Gasteiger partial charge in [0.2, 0.25) is 5.91 Å². The number of fused-ring (bicyclic) bond motifs is 1. The first-order chi connectivity index (χ1) is 13.6. The first-order valence-electron chi connectivity index (χ1n) is 10.2. The fraction of sp³-hybridized carbons (Fsp3) is 0.571. The normalized spacial score (nSPS) is 21.7. The van der Waals surface area contributed by atoms with Crippen molar-refractivity contribution >= 4 is 16.8 Å². The van der Waals surface area contributed by atoms with Crippen LogP contribution in [-0.2, 0) is 16.1 Å². The Bertz CT molecular complexity index is 891. The van der Waals surface area contributed by atoms with Crippen LogP contribution in [0, 0.1) is 5.92 Å². The molecule has 0 bridgehead atoms. The van der Waals surface area contributed by atoms with Crippen molar-refractivity contribution in [1.82, 2.24) is 19.8 Å². The van der Waals surface area contributed by atoms with E-state index in [2.05, 4.69) is 14.9 Å². The van der Waals surface area contributed by atoms with Crippen molar-refractivity contribution in [3.63, 3.8) is 0 Å². The van der Waals surface area contributed by atoms with Crippen LogP contribution in [0.2, 0.25) is 0 Å². The molecule has 7 nitrogen and oxygen atoms in total. The van der Waals surface area contributed by atoms with Gasteiger partial charge >= 0.3 is 0 Å². The van der Waals surface area contributed by atoms with E-state index in [0.29, 0.717) is 29.3 Å². The molecular weight excluding hydrogens is 356 g/mol. The van der Waals surface area contributed by atoms with Gasteiger partial charge in [0.1, 0.15) is 5.82 Å². The van der Waals surface area contributed by atoms with E-state index in [1.54, 1.807) is 18.0 Å². The first kappa shape index (κ1) is 19.1. The van der Waals surface area contributed by atoms with Crippen LogP contribution >= 0.6 is 0 Å². The summed E-state index contributed by atoms with van der Waals surface area (Å²) < 4.78 is 5.47. The van der Waals surface area contributed by atoms with Gasteiger partial charge in [-0.2, -0.15) is 0 Å². The lowest BCUT2D eigenvalue weighted by Crippen LogP contribution is -2.48. The monoisotopic (exact) mass is 384 g/mol. The summed E-state index contributed by atoms with van der Waals surface area (Å²) in [6.07, 6.45) is 4.08. The standard InChI is InChI=1S/C21H28N4O3/c1-24(14-19-22-18-7-3-2-6-17(18)20(26)23-19)21(27)15-5-4-10-25(13-15)16-8-11-28-12-9-16/h2-3,6-7,15-16H,4-5,8-14H2,1H3,(H,22,23,26). The molecule has 28 heavy (non-hydrogen) atoms. The number of aromatic nitrogens is 2. The average Bonchev–Trinajstić information content (AvgIpc) is 2.74. The van der Waals surface area contributed by atoms with Crippen LogP contribution in [0.1, 0.15) is 31.5 Å². The summed E-state index contributed by atoms with van der Waals surface area (Å²) in [6, 6.07) is 7.80. The molecule has 1 aromatic carbocycles. The molecule has 2 saturated heterocycles. The van der Waals surface area contributed by atoms with Crippen LogP contribution in [0.3, 0.4) is 0 Å². The molecule has 2 aromatic rings. The maximum Gasteiger partial charge on any atom is 0.258 e. The van der Waals surface area contributed by atoms with Crippen LogP contribution in [0.5, 0.6) is 0 Å². The summed E-state index contributed by atoms with van der Waals surface area (Å²) in [5.41, 5.74) is 0.496. The number of piperidine rings is 1. The first-order valence-corrected chi connectivity index (χ1v) is 10.2. The van der Waals surface area contributed by atoms with Crippen LogP contribution < -0.4 is 5.56 Å². The third-order valence-corrected chi connectivity index (χ3v) is 5.93. The number of carbonyl (C=O) groups is 1. The lowest BCUT2D eigenvalue weighted by atomic mass is 9.93. The van der Waals surface area contributed by atoms with E-state index in [0.717, 1.165) is 52.0 Å². The van der Waals surface area contributed by atoms with Gasteiger partial charge in [0.25, 0.3) is 5.56 Å². The molecule has 7 heteroatoms. The smallest absolute Gasteiger partial charge is 0.258 e. The number of nitrogens with one attached hydrogen (secondary N) is 1. The predicted octanol–water partition coefficient (Wildman–Crippen LogP) is 1.77. The van der Waals surface area contributed by atoms with Crippen molar-refractivity contribution in [2.24, 2.45) is 5.92 Å². The summed E-state index contributed by atoms with van der Waals surface area (Å²) >= 11 is 0. The van der Waals surface area contributed by atoms with Gasteiger partial charge in [-0.3, -0.25) is 14.5 Å². The second kappa shape index (κ2) is 8.41. The number of aromatic amines is 1. The Morgan fingerprint density at radius 1 is 1.29 bits per heavy atom. The molecule has 0 radical (unpaired) electrons. The molecule has 1 atom stereocenters. The van der Waals surface area contributed by atoms with E-state index >= 15 is 0 Å². The molecule has 0 aliphatic carbocycles. The lowest BCUT2D eigenvalue weighted by Gasteiger charge is -2.40. The van der Waals surface area contributed by atoms with Crippen molar-refractivity contribution in [3.8, 4) is 0 Å². The number of hydrogen-bond acceptors (Lipinski definition) is 5. The minimum atomic E-state index is -0.162. The van der Waals surface area contributed by atoms with Gasteiger partial charge in [0.15, 0.2) is 0 Å². The van der Waals surface area contributed by atoms with Crippen molar-refractivity contribution in [2.75, 3.05) is 33.4 Å². The second-order valence-electron chi connectivity index (χ2n) is 7.90. The van der Waals surface area contributed by atoms with E-state index in [9.17, 15) is 9.59 Å². The van der Waals surface area contributed by atoms with Crippen LogP contribution in [-0.4, -0.2) is 65.1 Å². The number of rotatable bonds is 4. The summed E-state index contributed by atoms with van der Waals surface area (Å²) in [6.45, 7) is 3.83. The molecule has 1 N–H and O–H groups in total. The topological polar surface area (TPSA) is 78.5 Å². The Hall–Kier alpha value is -2.25. The molecule has 3 heterocycles. The zero-order chi connectivity index (χ0) is 19.5. The Morgan fingerprint density at radius 3 is 2.89 bits per heavy atom. The number of likely N-dealkylation sites (tertiary alicyclic amines) is 1. The molecule has 150 valence electrons. The van der Waals surface area contributed by atoms with Crippen LogP contribution in [0.25, 0.3) is 10.9 Å². The highest BCUT2D eigenvalue weighted by Crippen LogP contribution is 2.24. The Balaban J connectivity index is 1.42. The number of H-pyrrole nitrogens is 1. The van der Waals surface area contributed by atoms with Gasteiger partial charge in [-0.05, 0) is 44.4 Å². The molecule has 1 amide bonds. The number of ether oxygens (including phenoxy) is 1. The van der Waals surface area contributed by atoms with Crippen molar-refractivity contribution in [2.45, 2.75) is 38.3 Å². The molecule has 1 aromatic heterocycles. The largest absolute Gasteiger partial charge is 0.381 e. The highest BCUT2D eigenvalue weighted by Gasteiger charge is 2.32.